The zero-order valence-electron chi connectivity index (χ0n) is 11.4. The van der Waals surface area contributed by atoms with Crippen molar-refractivity contribution in [3.63, 3.8) is 0 Å². The maximum absolute atomic E-state index is 11.9. The van der Waals surface area contributed by atoms with E-state index in [4.69, 9.17) is 4.74 Å². The maximum Gasteiger partial charge on any atom is 0.324 e. The van der Waals surface area contributed by atoms with Crippen molar-refractivity contribution in [1.29, 1.82) is 0 Å². The lowest BCUT2D eigenvalue weighted by Crippen LogP contribution is -2.65. The molecule has 2 saturated heterocycles. The third kappa shape index (κ3) is 2.39. The Morgan fingerprint density at radius 2 is 2.11 bits per heavy atom. The summed E-state index contributed by atoms with van der Waals surface area (Å²) in [6, 6.07) is 0. The summed E-state index contributed by atoms with van der Waals surface area (Å²) in [5, 5.41) is 13.0. The molecule has 0 aromatic carbocycles. The predicted octanol–water partition coefficient (Wildman–Crippen LogP) is 0.694. The molecule has 0 bridgehead atoms. The molecule has 2 aliphatic rings. The average Bonchev–Trinajstić information content (AvgIpc) is 2.39. The Balaban J connectivity index is 2.23. The van der Waals surface area contributed by atoms with E-state index in [0.717, 1.165) is 32.6 Å². The van der Waals surface area contributed by atoms with Gasteiger partial charge in [-0.25, -0.2) is 0 Å². The molecule has 2 rings (SSSR count). The third-order valence-corrected chi connectivity index (χ3v) is 4.50. The van der Waals surface area contributed by atoms with Gasteiger partial charge in [0.15, 0.2) is 0 Å². The van der Waals surface area contributed by atoms with Crippen LogP contribution in [0.4, 0.5) is 0 Å². The average molecular weight is 256 g/mol. The number of carboxylic acids is 1. The van der Waals surface area contributed by atoms with Crippen molar-refractivity contribution in [3.8, 4) is 0 Å². The third-order valence-electron chi connectivity index (χ3n) is 4.50. The molecule has 2 N–H and O–H groups in total. The molecular weight excluding hydrogens is 232 g/mol. The highest BCUT2D eigenvalue weighted by Gasteiger charge is 2.51. The maximum atomic E-state index is 11.9. The first-order chi connectivity index (χ1) is 8.52. The van der Waals surface area contributed by atoms with E-state index in [1.165, 1.54) is 0 Å². The fraction of sp³-hybridized carbons (Fsp3) is 0.923. The van der Waals surface area contributed by atoms with Crippen LogP contribution in [0.1, 0.15) is 33.1 Å². The van der Waals surface area contributed by atoms with Gasteiger partial charge in [-0.15, -0.1) is 0 Å². The van der Waals surface area contributed by atoms with Gasteiger partial charge in [0.2, 0.25) is 0 Å². The summed E-state index contributed by atoms with van der Waals surface area (Å²) in [6.45, 7) is 8.01. The van der Waals surface area contributed by atoms with E-state index < -0.39 is 11.5 Å². The van der Waals surface area contributed by atoms with E-state index in [1.54, 1.807) is 0 Å². The molecule has 0 aliphatic carbocycles. The Hall–Kier alpha value is -0.650. The van der Waals surface area contributed by atoms with E-state index in [0.29, 0.717) is 19.4 Å². The molecule has 2 fully saturated rings. The van der Waals surface area contributed by atoms with Crippen molar-refractivity contribution in [3.05, 3.63) is 0 Å². The van der Waals surface area contributed by atoms with Gasteiger partial charge in [0.25, 0.3) is 0 Å². The van der Waals surface area contributed by atoms with E-state index in [9.17, 15) is 9.90 Å². The van der Waals surface area contributed by atoms with Gasteiger partial charge in [0.1, 0.15) is 5.54 Å². The molecule has 0 spiro atoms. The molecule has 2 unspecified atom stereocenters. The summed E-state index contributed by atoms with van der Waals surface area (Å²) in [6.07, 6.45) is 2.04. The Morgan fingerprint density at radius 1 is 1.44 bits per heavy atom. The molecule has 0 amide bonds. The molecule has 0 saturated carbocycles. The number of carbonyl (C=O) groups is 1. The van der Waals surface area contributed by atoms with Crippen LogP contribution in [0, 0.1) is 0 Å². The molecule has 5 nitrogen and oxygen atoms in total. The van der Waals surface area contributed by atoms with Crippen molar-refractivity contribution < 1.29 is 14.6 Å². The van der Waals surface area contributed by atoms with Crippen molar-refractivity contribution in [1.82, 2.24) is 10.2 Å². The van der Waals surface area contributed by atoms with Crippen molar-refractivity contribution in [2.45, 2.75) is 44.2 Å². The summed E-state index contributed by atoms with van der Waals surface area (Å²) in [5.74, 6) is -0.688. The Bertz CT molecular complexity index is 317. The van der Waals surface area contributed by atoms with Crippen molar-refractivity contribution >= 4 is 5.97 Å². The first-order valence-electron chi connectivity index (χ1n) is 6.86. The van der Waals surface area contributed by atoms with Crippen LogP contribution in [0.5, 0.6) is 0 Å². The van der Waals surface area contributed by atoms with Crippen LogP contribution in [0.15, 0.2) is 0 Å². The van der Waals surface area contributed by atoms with Crippen molar-refractivity contribution in [2.75, 3.05) is 32.8 Å². The van der Waals surface area contributed by atoms with Gasteiger partial charge >= 0.3 is 5.97 Å². The summed E-state index contributed by atoms with van der Waals surface area (Å²) >= 11 is 0. The van der Waals surface area contributed by atoms with Crippen LogP contribution in [0.25, 0.3) is 0 Å². The van der Waals surface area contributed by atoms with Gasteiger partial charge in [-0.1, -0.05) is 6.92 Å². The van der Waals surface area contributed by atoms with Crippen LogP contribution >= 0.6 is 0 Å². The lowest BCUT2D eigenvalue weighted by atomic mass is 9.77. The summed E-state index contributed by atoms with van der Waals surface area (Å²) < 4.78 is 5.81. The number of nitrogens with one attached hydrogen (secondary N) is 1. The van der Waals surface area contributed by atoms with Crippen LogP contribution in [-0.2, 0) is 9.53 Å². The number of rotatable bonds is 3. The highest BCUT2D eigenvalue weighted by molar-refractivity contribution is 5.79. The van der Waals surface area contributed by atoms with Crippen molar-refractivity contribution in [2.24, 2.45) is 0 Å². The van der Waals surface area contributed by atoms with E-state index in [2.05, 4.69) is 17.1 Å². The first-order valence-corrected chi connectivity index (χ1v) is 6.86. The van der Waals surface area contributed by atoms with Gasteiger partial charge in [0.05, 0.1) is 5.60 Å². The lowest BCUT2D eigenvalue weighted by Gasteiger charge is -2.50. The summed E-state index contributed by atoms with van der Waals surface area (Å²) in [4.78, 5) is 14.0. The van der Waals surface area contributed by atoms with E-state index >= 15 is 0 Å². The van der Waals surface area contributed by atoms with Crippen LogP contribution in [-0.4, -0.2) is 59.9 Å². The van der Waals surface area contributed by atoms with Gasteiger partial charge in [0, 0.05) is 39.2 Å². The number of hydrogen-bond donors (Lipinski definition) is 2. The zero-order chi connectivity index (χ0) is 13.2. The standard InChI is InChI=1S/C13H24N2O3/c1-3-12(2)10-13(11(16)17,4-9-18-12)15-7-5-14-6-8-15/h14H,3-10H2,1-2H3,(H,16,17). The molecule has 104 valence electrons. The highest BCUT2D eigenvalue weighted by atomic mass is 16.5. The number of hydrogen-bond acceptors (Lipinski definition) is 4. The molecule has 5 heteroatoms. The van der Waals surface area contributed by atoms with Gasteiger partial charge in [-0.3, -0.25) is 9.69 Å². The van der Waals surface area contributed by atoms with E-state index in [-0.39, 0.29) is 5.60 Å². The number of carboxylic acid groups (broad SMARTS) is 1. The second-order valence-electron chi connectivity index (χ2n) is 5.65. The SMILES string of the molecule is CCC1(C)CC(C(=O)O)(N2CCNCC2)CCO1. The Kier molecular flexibility index (Phi) is 3.94. The monoisotopic (exact) mass is 256 g/mol. The zero-order valence-corrected chi connectivity index (χ0v) is 11.4. The summed E-state index contributed by atoms with van der Waals surface area (Å²) in [5.41, 5.74) is -1.04. The lowest BCUT2D eigenvalue weighted by molar-refractivity contribution is -0.176. The Morgan fingerprint density at radius 3 is 2.67 bits per heavy atom. The second-order valence-corrected chi connectivity index (χ2v) is 5.65. The first kappa shape index (κ1) is 13.8. The van der Waals surface area contributed by atoms with Crippen LogP contribution in [0.2, 0.25) is 0 Å². The van der Waals surface area contributed by atoms with Crippen LogP contribution < -0.4 is 5.32 Å². The fourth-order valence-electron chi connectivity index (χ4n) is 3.13. The highest BCUT2D eigenvalue weighted by Crippen LogP contribution is 2.38. The molecule has 0 aromatic heterocycles. The normalized spacial score (nSPS) is 38.6. The Labute approximate surface area is 108 Å². The van der Waals surface area contributed by atoms with Gasteiger partial charge in [-0.05, 0) is 19.8 Å². The number of ether oxygens (including phenoxy) is 1. The number of nitrogens with zero attached hydrogens (tertiary/aromatic N) is 1. The fourth-order valence-corrected chi connectivity index (χ4v) is 3.13. The minimum atomic E-state index is -0.731. The van der Waals surface area contributed by atoms with E-state index in [1.807, 2.05) is 6.92 Å². The molecule has 2 heterocycles. The molecule has 0 aromatic rings. The minimum absolute atomic E-state index is 0.304. The molecule has 18 heavy (non-hydrogen) atoms. The topological polar surface area (TPSA) is 61.8 Å². The predicted molar refractivity (Wildman–Crippen MR) is 68.7 cm³/mol. The quantitative estimate of drug-likeness (QED) is 0.778. The van der Waals surface area contributed by atoms with Gasteiger partial charge in [-0.2, -0.15) is 0 Å². The van der Waals surface area contributed by atoms with Crippen LogP contribution in [0.3, 0.4) is 0 Å². The molecule has 0 radical (unpaired) electrons. The number of aliphatic carboxylic acids is 1. The smallest absolute Gasteiger partial charge is 0.324 e. The number of piperazine rings is 1. The molecular formula is C13H24N2O3. The largest absolute Gasteiger partial charge is 0.480 e. The molecule has 2 atom stereocenters. The summed E-state index contributed by atoms with van der Waals surface area (Å²) in [7, 11) is 0. The minimum Gasteiger partial charge on any atom is -0.480 e. The van der Waals surface area contributed by atoms with Gasteiger partial charge < -0.3 is 15.2 Å². The molecule has 2 aliphatic heterocycles. The second kappa shape index (κ2) is 5.15.